The number of amides is 3. The molecule has 0 saturated heterocycles. The molecule has 0 saturated carbocycles. The first kappa shape index (κ1) is 22.5. The quantitative estimate of drug-likeness (QED) is 0.592. The molecule has 33 heavy (non-hydrogen) atoms. The lowest BCUT2D eigenvalue weighted by molar-refractivity contribution is -0.134. The van der Waals surface area contributed by atoms with Gasteiger partial charge in [0.25, 0.3) is 0 Å². The molecule has 2 heterocycles. The summed E-state index contributed by atoms with van der Waals surface area (Å²) in [6.45, 7) is 3.19. The third kappa shape index (κ3) is 4.89. The van der Waals surface area contributed by atoms with Gasteiger partial charge in [-0.3, -0.25) is 4.79 Å². The molecular formula is C25H26F2N4O2. The van der Waals surface area contributed by atoms with E-state index in [1.807, 2.05) is 25.3 Å². The smallest absolute Gasteiger partial charge is 0.322 e. The molecule has 2 aromatic carbocycles. The van der Waals surface area contributed by atoms with Crippen molar-refractivity contribution >= 4 is 17.6 Å². The van der Waals surface area contributed by atoms with Crippen molar-refractivity contribution in [3.05, 3.63) is 89.8 Å². The van der Waals surface area contributed by atoms with Crippen molar-refractivity contribution in [2.45, 2.75) is 25.9 Å². The zero-order valence-electron chi connectivity index (χ0n) is 18.4. The van der Waals surface area contributed by atoms with Gasteiger partial charge in [0.05, 0.1) is 11.7 Å². The number of carbonyl (C=O) groups is 2. The zero-order valence-corrected chi connectivity index (χ0v) is 18.4. The van der Waals surface area contributed by atoms with Crippen LogP contribution in [0.5, 0.6) is 0 Å². The van der Waals surface area contributed by atoms with Gasteiger partial charge in [-0.1, -0.05) is 31.2 Å². The Morgan fingerprint density at radius 2 is 1.79 bits per heavy atom. The molecule has 8 heteroatoms. The molecule has 0 aliphatic carbocycles. The second kappa shape index (κ2) is 9.85. The maximum Gasteiger partial charge on any atom is 0.322 e. The molecule has 1 unspecified atom stereocenters. The lowest BCUT2D eigenvalue weighted by Gasteiger charge is -2.38. The Balaban J connectivity index is 1.56. The van der Waals surface area contributed by atoms with E-state index in [1.54, 1.807) is 29.2 Å². The van der Waals surface area contributed by atoms with Crippen LogP contribution in [0, 0.1) is 11.6 Å². The Morgan fingerprint density at radius 3 is 2.52 bits per heavy atom. The molecule has 1 aliphatic rings. The summed E-state index contributed by atoms with van der Waals surface area (Å²) in [4.78, 5) is 29.4. The molecule has 4 rings (SSSR count). The number of nitrogens with zero attached hydrogens (tertiary/aromatic N) is 3. The van der Waals surface area contributed by atoms with Gasteiger partial charge in [-0.2, -0.15) is 0 Å². The molecule has 172 valence electrons. The summed E-state index contributed by atoms with van der Waals surface area (Å²) in [6.07, 6.45) is 2.60. The first-order valence-electron chi connectivity index (χ1n) is 11.0. The Kier molecular flexibility index (Phi) is 6.72. The van der Waals surface area contributed by atoms with E-state index < -0.39 is 11.8 Å². The number of nitrogens with one attached hydrogen (secondary N) is 1. The van der Waals surface area contributed by atoms with Crippen LogP contribution in [-0.4, -0.2) is 45.9 Å². The van der Waals surface area contributed by atoms with E-state index in [2.05, 4.69) is 9.88 Å². The Hall–Kier alpha value is -3.68. The SMILES string of the molecule is CCCN(CC(=O)N1CCn2cccc2C1c1ccc(F)cc1)C(=O)Nc1ccccc1F. The first-order valence-corrected chi connectivity index (χ1v) is 11.0. The number of halogens is 2. The van der Waals surface area contributed by atoms with Gasteiger partial charge < -0.3 is 19.7 Å². The largest absolute Gasteiger partial charge is 0.348 e. The summed E-state index contributed by atoms with van der Waals surface area (Å²) < 4.78 is 29.6. The second-order valence-electron chi connectivity index (χ2n) is 8.00. The van der Waals surface area contributed by atoms with Crippen molar-refractivity contribution in [3.8, 4) is 0 Å². The van der Waals surface area contributed by atoms with Gasteiger partial charge in [-0.05, 0) is 48.4 Å². The summed E-state index contributed by atoms with van der Waals surface area (Å²) >= 11 is 0. The summed E-state index contributed by atoms with van der Waals surface area (Å²) in [6, 6.07) is 15.0. The fraction of sp³-hybridized carbons (Fsp3) is 0.280. The van der Waals surface area contributed by atoms with E-state index in [0.29, 0.717) is 26.1 Å². The third-order valence-electron chi connectivity index (χ3n) is 5.77. The lowest BCUT2D eigenvalue weighted by Crippen LogP contribution is -2.49. The van der Waals surface area contributed by atoms with Gasteiger partial charge in [0, 0.05) is 31.5 Å². The number of hydrogen-bond acceptors (Lipinski definition) is 2. The summed E-state index contributed by atoms with van der Waals surface area (Å²) in [5.74, 6) is -1.11. The zero-order chi connectivity index (χ0) is 23.4. The molecule has 6 nitrogen and oxygen atoms in total. The van der Waals surface area contributed by atoms with Crippen LogP contribution in [0.1, 0.15) is 30.6 Å². The van der Waals surface area contributed by atoms with Crippen LogP contribution in [-0.2, 0) is 11.3 Å². The monoisotopic (exact) mass is 452 g/mol. The van der Waals surface area contributed by atoms with Crippen molar-refractivity contribution in [1.82, 2.24) is 14.4 Å². The molecular weight excluding hydrogens is 426 g/mol. The van der Waals surface area contributed by atoms with Gasteiger partial charge in [-0.25, -0.2) is 13.6 Å². The van der Waals surface area contributed by atoms with Crippen LogP contribution in [0.25, 0.3) is 0 Å². The number of para-hydroxylation sites is 1. The minimum absolute atomic E-state index is 0.0658. The number of benzene rings is 2. The molecule has 3 aromatic rings. The topological polar surface area (TPSA) is 57.6 Å². The molecule has 0 fully saturated rings. The Bertz CT molecular complexity index is 1130. The minimum Gasteiger partial charge on any atom is -0.348 e. The van der Waals surface area contributed by atoms with Gasteiger partial charge in [-0.15, -0.1) is 0 Å². The van der Waals surface area contributed by atoms with Gasteiger partial charge in [0.2, 0.25) is 5.91 Å². The Morgan fingerprint density at radius 1 is 1.03 bits per heavy atom. The van der Waals surface area contributed by atoms with Crippen LogP contribution < -0.4 is 5.32 Å². The predicted octanol–water partition coefficient (Wildman–Crippen LogP) is 4.64. The highest BCUT2D eigenvalue weighted by Crippen LogP contribution is 2.32. The molecule has 1 aliphatic heterocycles. The summed E-state index contributed by atoms with van der Waals surface area (Å²) in [7, 11) is 0. The molecule has 3 amide bonds. The van der Waals surface area contributed by atoms with Crippen molar-refractivity contribution in [3.63, 3.8) is 0 Å². The average molecular weight is 453 g/mol. The van der Waals surface area contributed by atoms with Gasteiger partial charge in [0.1, 0.15) is 18.2 Å². The molecule has 1 atom stereocenters. The number of hydrogen-bond donors (Lipinski definition) is 1. The molecule has 1 N–H and O–H groups in total. The highest BCUT2D eigenvalue weighted by molar-refractivity contribution is 5.92. The lowest BCUT2D eigenvalue weighted by atomic mass is 9.99. The van der Waals surface area contributed by atoms with E-state index in [9.17, 15) is 18.4 Å². The van der Waals surface area contributed by atoms with E-state index in [-0.39, 0.29) is 30.0 Å². The number of aromatic nitrogens is 1. The standard InChI is InChI=1S/C25H26F2N4O2/c1-2-13-30(25(33)28-21-7-4-3-6-20(21)27)17-23(32)31-16-15-29-14-5-8-22(29)24(31)18-9-11-19(26)12-10-18/h3-12,14,24H,2,13,15-17H2,1H3,(H,28,33). The van der Waals surface area contributed by atoms with E-state index in [0.717, 1.165) is 11.3 Å². The number of anilines is 1. The highest BCUT2D eigenvalue weighted by atomic mass is 19.1. The predicted molar refractivity (Wildman–Crippen MR) is 122 cm³/mol. The number of fused-ring (bicyclic) bond motifs is 1. The number of rotatable bonds is 6. The van der Waals surface area contributed by atoms with Crippen LogP contribution in [0.3, 0.4) is 0 Å². The van der Waals surface area contributed by atoms with Crippen LogP contribution in [0.15, 0.2) is 66.9 Å². The van der Waals surface area contributed by atoms with E-state index >= 15 is 0 Å². The summed E-state index contributed by atoms with van der Waals surface area (Å²) in [5.41, 5.74) is 1.79. The van der Waals surface area contributed by atoms with Crippen molar-refractivity contribution in [1.29, 1.82) is 0 Å². The first-order chi connectivity index (χ1) is 16.0. The molecule has 0 spiro atoms. The third-order valence-corrected chi connectivity index (χ3v) is 5.77. The number of carbonyl (C=O) groups excluding carboxylic acids is 2. The highest BCUT2D eigenvalue weighted by Gasteiger charge is 2.33. The van der Waals surface area contributed by atoms with Crippen molar-refractivity contribution in [2.75, 3.05) is 25.0 Å². The summed E-state index contributed by atoms with van der Waals surface area (Å²) in [5, 5.41) is 2.56. The van der Waals surface area contributed by atoms with Gasteiger partial charge >= 0.3 is 6.03 Å². The second-order valence-corrected chi connectivity index (χ2v) is 8.00. The molecule has 1 aromatic heterocycles. The molecule has 0 bridgehead atoms. The van der Waals surface area contributed by atoms with Crippen molar-refractivity contribution < 1.29 is 18.4 Å². The van der Waals surface area contributed by atoms with Crippen LogP contribution in [0.4, 0.5) is 19.3 Å². The van der Waals surface area contributed by atoms with Crippen molar-refractivity contribution in [2.24, 2.45) is 0 Å². The van der Waals surface area contributed by atoms with E-state index in [1.165, 1.54) is 29.2 Å². The van der Waals surface area contributed by atoms with Crippen LogP contribution in [0.2, 0.25) is 0 Å². The van der Waals surface area contributed by atoms with Gasteiger partial charge in [0.15, 0.2) is 0 Å². The molecule has 0 radical (unpaired) electrons. The normalized spacial score (nSPS) is 15.1. The maximum absolute atomic E-state index is 14.0. The number of urea groups is 1. The Labute approximate surface area is 191 Å². The fourth-order valence-corrected chi connectivity index (χ4v) is 4.18. The fourth-order valence-electron chi connectivity index (χ4n) is 4.18. The maximum atomic E-state index is 14.0. The average Bonchev–Trinajstić information content (AvgIpc) is 3.29. The van der Waals surface area contributed by atoms with E-state index in [4.69, 9.17) is 0 Å². The van der Waals surface area contributed by atoms with Crippen LogP contribution >= 0.6 is 0 Å². The minimum atomic E-state index is -0.540.